The molecular weight excluding hydrogens is 252 g/mol. The summed E-state index contributed by atoms with van der Waals surface area (Å²) in [6, 6.07) is 10.3. The van der Waals surface area contributed by atoms with Gasteiger partial charge in [-0.05, 0) is 41.4 Å². The number of fused-ring (bicyclic) bond motifs is 1. The van der Waals surface area contributed by atoms with Crippen LogP contribution >= 0.6 is 22.9 Å². The molecule has 0 saturated carbocycles. The number of halogens is 1. The maximum absolute atomic E-state index is 5.91. The highest BCUT2D eigenvalue weighted by molar-refractivity contribution is 7.17. The van der Waals surface area contributed by atoms with E-state index in [1.807, 2.05) is 19.1 Å². The van der Waals surface area contributed by atoms with E-state index in [-0.39, 0.29) is 0 Å². The smallest absolute Gasteiger partial charge is 0.223 e. The Kier molecular flexibility index (Phi) is 2.57. The number of hydrogen-bond acceptors (Lipinski definition) is 3. The average Bonchev–Trinajstić information content (AvgIpc) is 2.75. The lowest BCUT2D eigenvalue weighted by molar-refractivity contribution is 1.11. The molecule has 84 valence electrons. The fourth-order valence-electron chi connectivity index (χ4n) is 1.87. The Balaban J connectivity index is 2.30. The minimum Gasteiger partial charge on any atom is -0.223 e. The fourth-order valence-corrected chi connectivity index (χ4v) is 3.01. The summed E-state index contributed by atoms with van der Waals surface area (Å²) in [5.41, 5.74) is 2.88. The summed E-state index contributed by atoms with van der Waals surface area (Å²) in [4.78, 5) is 8.38. The van der Waals surface area contributed by atoms with E-state index >= 15 is 0 Å². The number of benzene rings is 1. The zero-order chi connectivity index (χ0) is 11.8. The van der Waals surface area contributed by atoms with E-state index in [0.29, 0.717) is 5.28 Å². The van der Waals surface area contributed by atoms with E-state index in [2.05, 4.69) is 33.5 Å². The maximum Gasteiger partial charge on any atom is 0.223 e. The van der Waals surface area contributed by atoms with Crippen LogP contribution in [0.4, 0.5) is 0 Å². The second-order valence-electron chi connectivity index (χ2n) is 3.81. The first-order valence-corrected chi connectivity index (χ1v) is 6.47. The van der Waals surface area contributed by atoms with Crippen LogP contribution in [0.2, 0.25) is 5.28 Å². The van der Waals surface area contributed by atoms with Gasteiger partial charge < -0.3 is 0 Å². The second kappa shape index (κ2) is 4.09. The molecule has 0 unspecified atom stereocenters. The molecule has 0 N–H and O–H groups in total. The van der Waals surface area contributed by atoms with Gasteiger partial charge in [-0.2, -0.15) is 0 Å². The van der Waals surface area contributed by atoms with Crippen molar-refractivity contribution in [1.82, 2.24) is 9.97 Å². The van der Waals surface area contributed by atoms with Gasteiger partial charge in [0.1, 0.15) is 0 Å². The first-order chi connectivity index (χ1) is 8.24. The number of hydrogen-bond donors (Lipinski definition) is 0. The molecule has 0 radical (unpaired) electrons. The van der Waals surface area contributed by atoms with Crippen molar-refractivity contribution in [3.05, 3.63) is 46.7 Å². The van der Waals surface area contributed by atoms with Crippen LogP contribution in [0.25, 0.3) is 21.3 Å². The van der Waals surface area contributed by atoms with Gasteiger partial charge in [-0.15, -0.1) is 11.3 Å². The maximum atomic E-state index is 5.91. The highest BCUT2D eigenvalue weighted by Gasteiger charge is 2.08. The van der Waals surface area contributed by atoms with E-state index < -0.39 is 0 Å². The van der Waals surface area contributed by atoms with Crippen molar-refractivity contribution >= 4 is 33.0 Å². The summed E-state index contributed by atoms with van der Waals surface area (Å²) in [7, 11) is 0. The Morgan fingerprint density at radius 1 is 1.18 bits per heavy atom. The number of aromatic nitrogens is 2. The monoisotopic (exact) mass is 260 g/mol. The molecule has 4 heteroatoms. The van der Waals surface area contributed by atoms with Crippen molar-refractivity contribution < 1.29 is 0 Å². The SMILES string of the molecule is Cc1cc(-c2cccc3ccsc23)nc(Cl)n1. The molecule has 0 amide bonds. The Morgan fingerprint density at radius 3 is 2.88 bits per heavy atom. The summed E-state index contributed by atoms with van der Waals surface area (Å²) in [6.45, 7) is 1.92. The Labute approximate surface area is 108 Å². The molecule has 0 saturated heterocycles. The van der Waals surface area contributed by atoms with Crippen molar-refractivity contribution in [2.45, 2.75) is 6.92 Å². The molecule has 0 aliphatic heterocycles. The highest BCUT2D eigenvalue weighted by Crippen LogP contribution is 2.31. The zero-order valence-electron chi connectivity index (χ0n) is 9.14. The molecule has 3 aromatic rings. The average molecular weight is 261 g/mol. The minimum atomic E-state index is 0.300. The number of aryl methyl sites for hydroxylation is 1. The molecule has 2 heterocycles. The standard InChI is InChI=1S/C13H9ClN2S/c1-8-7-11(16-13(14)15-8)10-4-2-3-9-5-6-17-12(9)10/h2-7H,1H3. The van der Waals surface area contributed by atoms with Gasteiger partial charge in [0.25, 0.3) is 0 Å². The lowest BCUT2D eigenvalue weighted by atomic mass is 10.1. The molecule has 17 heavy (non-hydrogen) atoms. The van der Waals surface area contributed by atoms with Gasteiger partial charge >= 0.3 is 0 Å². The molecule has 2 aromatic heterocycles. The molecule has 0 aliphatic rings. The minimum absolute atomic E-state index is 0.300. The normalized spacial score (nSPS) is 10.9. The van der Waals surface area contributed by atoms with Gasteiger partial charge in [-0.1, -0.05) is 18.2 Å². The van der Waals surface area contributed by atoms with Crippen molar-refractivity contribution in [2.24, 2.45) is 0 Å². The zero-order valence-corrected chi connectivity index (χ0v) is 10.7. The van der Waals surface area contributed by atoms with Crippen molar-refractivity contribution in [3.63, 3.8) is 0 Å². The summed E-state index contributed by atoms with van der Waals surface area (Å²) in [5, 5.41) is 3.62. The summed E-state index contributed by atoms with van der Waals surface area (Å²) in [5.74, 6) is 0. The van der Waals surface area contributed by atoms with Gasteiger partial charge in [0, 0.05) is 16.0 Å². The Bertz CT molecular complexity index is 670. The van der Waals surface area contributed by atoms with Crippen LogP contribution in [-0.2, 0) is 0 Å². The van der Waals surface area contributed by atoms with Crippen LogP contribution in [-0.4, -0.2) is 9.97 Å². The molecule has 2 nitrogen and oxygen atoms in total. The van der Waals surface area contributed by atoms with Gasteiger partial charge in [0.05, 0.1) is 5.69 Å². The van der Waals surface area contributed by atoms with Gasteiger partial charge in [0.2, 0.25) is 5.28 Å². The van der Waals surface area contributed by atoms with E-state index in [9.17, 15) is 0 Å². The van der Waals surface area contributed by atoms with Crippen LogP contribution in [0.1, 0.15) is 5.69 Å². The predicted molar refractivity (Wildman–Crippen MR) is 72.6 cm³/mol. The molecule has 3 rings (SSSR count). The molecule has 0 bridgehead atoms. The number of rotatable bonds is 1. The molecule has 0 fully saturated rings. The molecular formula is C13H9ClN2S. The van der Waals surface area contributed by atoms with Gasteiger partial charge in [0.15, 0.2) is 0 Å². The van der Waals surface area contributed by atoms with Crippen LogP contribution < -0.4 is 0 Å². The van der Waals surface area contributed by atoms with Crippen LogP contribution in [0.5, 0.6) is 0 Å². The third-order valence-corrected chi connectivity index (χ3v) is 3.71. The van der Waals surface area contributed by atoms with Crippen molar-refractivity contribution in [3.8, 4) is 11.3 Å². The molecule has 1 aromatic carbocycles. The van der Waals surface area contributed by atoms with E-state index in [0.717, 1.165) is 17.0 Å². The van der Waals surface area contributed by atoms with Crippen LogP contribution in [0.3, 0.4) is 0 Å². The van der Waals surface area contributed by atoms with E-state index in [1.165, 1.54) is 10.1 Å². The summed E-state index contributed by atoms with van der Waals surface area (Å²) < 4.78 is 1.24. The first-order valence-electron chi connectivity index (χ1n) is 5.22. The van der Waals surface area contributed by atoms with Crippen LogP contribution in [0.15, 0.2) is 35.7 Å². The van der Waals surface area contributed by atoms with Crippen LogP contribution in [0, 0.1) is 6.92 Å². The fraction of sp³-hybridized carbons (Fsp3) is 0.0769. The quantitative estimate of drug-likeness (QED) is 0.609. The second-order valence-corrected chi connectivity index (χ2v) is 5.06. The summed E-state index contributed by atoms with van der Waals surface area (Å²) in [6.07, 6.45) is 0. The lowest BCUT2D eigenvalue weighted by Gasteiger charge is -2.04. The topological polar surface area (TPSA) is 25.8 Å². The van der Waals surface area contributed by atoms with E-state index in [1.54, 1.807) is 11.3 Å². The summed E-state index contributed by atoms with van der Waals surface area (Å²) >= 11 is 7.62. The largest absolute Gasteiger partial charge is 0.223 e. The van der Waals surface area contributed by atoms with Gasteiger partial charge in [-0.3, -0.25) is 0 Å². The van der Waals surface area contributed by atoms with E-state index in [4.69, 9.17) is 11.6 Å². The Morgan fingerprint density at radius 2 is 2.06 bits per heavy atom. The third-order valence-electron chi connectivity index (χ3n) is 2.58. The third kappa shape index (κ3) is 1.92. The first kappa shape index (κ1) is 10.7. The Hall–Kier alpha value is -1.45. The highest BCUT2D eigenvalue weighted by atomic mass is 35.5. The van der Waals surface area contributed by atoms with Crippen molar-refractivity contribution in [2.75, 3.05) is 0 Å². The van der Waals surface area contributed by atoms with Crippen molar-refractivity contribution in [1.29, 1.82) is 0 Å². The predicted octanol–water partition coefficient (Wildman–Crippen LogP) is 4.32. The lowest BCUT2D eigenvalue weighted by Crippen LogP contribution is -1.90. The number of thiophene rings is 1. The molecule has 0 spiro atoms. The molecule has 0 atom stereocenters. The number of nitrogens with zero attached hydrogens (tertiary/aromatic N) is 2. The molecule has 0 aliphatic carbocycles. The van der Waals surface area contributed by atoms with Gasteiger partial charge in [-0.25, -0.2) is 9.97 Å².